The van der Waals surface area contributed by atoms with E-state index in [-0.39, 0.29) is 0 Å². The van der Waals surface area contributed by atoms with Gasteiger partial charge >= 0.3 is 0 Å². The van der Waals surface area contributed by atoms with Gasteiger partial charge in [0.2, 0.25) is 0 Å². The van der Waals surface area contributed by atoms with Crippen LogP contribution in [0.15, 0.2) is 18.2 Å². The Bertz CT molecular complexity index is 547. The van der Waals surface area contributed by atoms with Crippen LogP contribution in [0.2, 0.25) is 0 Å². The maximum atomic E-state index is 3.49. The van der Waals surface area contributed by atoms with Crippen molar-refractivity contribution in [3.8, 4) is 0 Å². The highest BCUT2D eigenvalue weighted by Crippen LogP contribution is 2.25. The number of hydrogen-bond acceptors (Lipinski definition) is 1. The van der Waals surface area contributed by atoms with Gasteiger partial charge in [0.1, 0.15) is 0 Å². The van der Waals surface area contributed by atoms with Crippen LogP contribution in [-0.2, 0) is 6.42 Å². The first-order chi connectivity index (χ1) is 8.74. The molecule has 18 heavy (non-hydrogen) atoms. The molecule has 1 aromatic heterocycles. The van der Waals surface area contributed by atoms with Gasteiger partial charge in [-0.3, -0.25) is 0 Å². The molecule has 2 heterocycles. The number of aromatic nitrogens is 1. The maximum Gasteiger partial charge on any atom is 0.0461 e. The molecule has 3 rings (SSSR count). The van der Waals surface area contributed by atoms with E-state index in [1.54, 1.807) is 0 Å². The lowest BCUT2D eigenvalue weighted by molar-refractivity contribution is 0.373. The standard InChI is InChI=1S/C16H22N2/c1-11-12(2)18-16-10-14(3-4-15(11)16)9-13-5-7-17-8-6-13/h3-4,10,13,17-18H,5-9H2,1-2H3. The second-order valence-corrected chi connectivity index (χ2v) is 5.65. The average molecular weight is 242 g/mol. The van der Waals surface area contributed by atoms with Crippen molar-refractivity contribution in [3.05, 3.63) is 35.0 Å². The van der Waals surface area contributed by atoms with Crippen molar-refractivity contribution in [1.29, 1.82) is 0 Å². The largest absolute Gasteiger partial charge is 0.358 e. The van der Waals surface area contributed by atoms with E-state index in [0.29, 0.717) is 0 Å². The van der Waals surface area contributed by atoms with Crippen LogP contribution in [0.25, 0.3) is 10.9 Å². The first-order valence-corrected chi connectivity index (χ1v) is 7.02. The van der Waals surface area contributed by atoms with E-state index < -0.39 is 0 Å². The zero-order valence-corrected chi connectivity index (χ0v) is 11.3. The fraction of sp³-hybridized carbons (Fsp3) is 0.500. The highest BCUT2D eigenvalue weighted by atomic mass is 14.9. The Labute approximate surface area is 109 Å². The quantitative estimate of drug-likeness (QED) is 0.830. The van der Waals surface area contributed by atoms with Crippen molar-refractivity contribution in [2.75, 3.05) is 13.1 Å². The van der Waals surface area contributed by atoms with E-state index in [9.17, 15) is 0 Å². The summed E-state index contributed by atoms with van der Waals surface area (Å²) in [5, 5.41) is 4.81. The number of H-pyrrole nitrogens is 1. The van der Waals surface area contributed by atoms with Gasteiger partial charge in [0.25, 0.3) is 0 Å². The van der Waals surface area contributed by atoms with E-state index in [1.807, 2.05) is 0 Å². The topological polar surface area (TPSA) is 27.8 Å². The smallest absolute Gasteiger partial charge is 0.0461 e. The first-order valence-electron chi connectivity index (χ1n) is 7.02. The molecule has 0 atom stereocenters. The summed E-state index contributed by atoms with van der Waals surface area (Å²) < 4.78 is 0. The Hall–Kier alpha value is -1.28. The molecule has 96 valence electrons. The van der Waals surface area contributed by atoms with Crippen molar-refractivity contribution in [3.63, 3.8) is 0 Å². The molecule has 1 saturated heterocycles. The maximum absolute atomic E-state index is 3.49. The van der Waals surface area contributed by atoms with Crippen LogP contribution in [0.5, 0.6) is 0 Å². The summed E-state index contributed by atoms with van der Waals surface area (Å²) in [4.78, 5) is 3.49. The molecule has 0 spiro atoms. The van der Waals surface area contributed by atoms with E-state index in [4.69, 9.17) is 0 Å². The van der Waals surface area contributed by atoms with E-state index in [2.05, 4.69) is 42.3 Å². The molecule has 0 aliphatic carbocycles. The lowest BCUT2D eigenvalue weighted by Gasteiger charge is -2.22. The van der Waals surface area contributed by atoms with E-state index >= 15 is 0 Å². The minimum absolute atomic E-state index is 0.862. The zero-order valence-electron chi connectivity index (χ0n) is 11.3. The summed E-state index contributed by atoms with van der Waals surface area (Å²) in [6, 6.07) is 6.94. The fourth-order valence-corrected chi connectivity index (χ4v) is 3.07. The molecule has 0 bridgehead atoms. The summed E-state index contributed by atoms with van der Waals surface area (Å²) in [7, 11) is 0. The van der Waals surface area contributed by atoms with Gasteiger partial charge in [-0.15, -0.1) is 0 Å². The molecule has 0 amide bonds. The van der Waals surface area contributed by atoms with Crippen molar-refractivity contribution >= 4 is 10.9 Å². The van der Waals surface area contributed by atoms with Crippen LogP contribution < -0.4 is 5.32 Å². The molecular formula is C16H22N2. The van der Waals surface area contributed by atoms with Gasteiger partial charge in [0.15, 0.2) is 0 Å². The van der Waals surface area contributed by atoms with Gasteiger partial charge in [0.05, 0.1) is 0 Å². The minimum Gasteiger partial charge on any atom is -0.358 e. The highest BCUT2D eigenvalue weighted by Gasteiger charge is 2.14. The fourth-order valence-electron chi connectivity index (χ4n) is 3.07. The summed E-state index contributed by atoms with van der Waals surface area (Å²) in [5.74, 6) is 0.862. The highest BCUT2D eigenvalue weighted by molar-refractivity contribution is 5.84. The van der Waals surface area contributed by atoms with Gasteiger partial charge in [-0.2, -0.15) is 0 Å². The number of fused-ring (bicyclic) bond motifs is 1. The van der Waals surface area contributed by atoms with Gasteiger partial charge in [-0.05, 0) is 69.3 Å². The zero-order chi connectivity index (χ0) is 12.5. The predicted molar refractivity (Wildman–Crippen MR) is 77.1 cm³/mol. The molecule has 2 heteroatoms. The van der Waals surface area contributed by atoms with Gasteiger partial charge in [-0.1, -0.05) is 12.1 Å². The third kappa shape index (κ3) is 2.17. The third-order valence-corrected chi connectivity index (χ3v) is 4.36. The van der Waals surface area contributed by atoms with E-state index in [1.165, 1.54) is 60.1 Å². The molecule has 2 N–H and O–H groups in total. The molecule has 0 unspecified atom stereocenters. The molecule has 2 nitrogen and oxygen atoms in total. The Morgan fingerprint density at radius 1 is 1.17 bits per heavy atom. The molecule has 1 aliphatic heterocycles. The van der Waals surface area contributed by atoms with Crippen molar-refractivity contribution in [1.82, 2.24) is 10.3 Å². The number of benzene rings is 1. The van der Waals surface area contributed by atoms with Crippen molar-refractivity contribution in [2.45, 2.75) is 33.1 Å². The molecule has 0 radical (unpaired) electrons. The predicted octanol–water partition coefficient (Wildman–Crippen LogP) is 3.33. The molecule has 1 aliphatic rings. The van der Waals surface area contributed by atoms with Crippen LogP contribution in [-0.4, -0.2) is 18.1 Å². The SMILES string of the molecule is Cc1[nH]c2cc(CC3CCNCC3)ccc2c1C. The summed E-state index contributed by atoms with van der Waals surface area (Å²) in [6.45, 7) is 6.73. The molecular weight excluding hydrogens is 220 g/mol. The summed E-state index contributed by atoms with van der Waals surface area (Å²) >= 11 is 0. The monoisotopic (exact) mass is 242 g/mol. The Kier molecular flexibility index (Phi) is 3.13. The second kappa shape index (κ2) is 4.77. The normalized spacial score (nSPS) is 17.4. The molecule has 0 saturated carbocycles. The van der Waals surface area contributed by atoms with E-state index in [0.717, 1.165) is 5.92 Å². The lowest BCUT2D eigenvalue weighted by atomic mass is 9.91. The van der Waals surface area contributed by atoms with Crippen LogP contribution in [0.4, 0.5) is 0 Å². The van der Waals surface area contributed by atoms with Gasteiger partial charge < -0.3 is 10.3 Å². The number of piperidine rings is 1. The molecule has 1 fully saturated rings. The average Bonchev–Trinajstić information content (AvgIpc) is 2.66. The second-order valence-electron chi connectivity index (χ2n) is 5.65. The van der Waals surface area contributed by atoms with Crippen LogP contribution in [0, 0.1) is 19.8 Å². The van der Waals surface area contributed by atoms with Crippen LogP contribution in [0.3, 0.4) is 0 Å². The Balaban J connectivity index is 1.84. The van der Waals surface area contributed by atoms with Crippen molar-refractivity contribution < 1.29 is 0 Å². The third-order valence-electron chi connectivity index (χ3n) is 4.36. The Morgan fingerprint density at radius 3 is 2.72 bits per heavy atom. The number of aromatic amines is 1. The first kappa shape index (κ1) is 11.8. The minimum atomic E-state index is 0.862. The van der Waals surface area contributed by atoms with Crippen molar-refractivity contribution in [2.24, 2.45) is 5.92 Å². The lowest BCUT2D eigenvalue weighted by Crippen LogP contribution is -2.28. The number of hydrogen-bond donors (Lipinski definition) is 2. The molecule has 1 aromatic carbocycles. The van der Waals surface area contributed by atoms with Gasteiger partial charge in [0, 0.05) is 16.6 Å². The van der Waals surface area contributed by atoms with Crippen LogP contribution >= 0.6 is 0 Å². The Morgan fingerprint density at radius 2 is 1.94 bits per heavy atom. The summed E-state index contributed by atoms with van der Waals surface area (Å²) in [6.07, 6.45) is 3.87. The molecule has 2 aromatic rings. The number of rotatable bonds is 2. The number of aryl methyl sites for hydroxylation is 2. The summed E-state index contributed by atoms with van der Waals surface area (Å²) in [5.41, 5.74) is 5.47. The van der Waals surface area contributed by atoms with Crippen LogP contribution in [0.1, 0.15) is 29.7 Å². The van der Waals surface area contributed by atoms with Gasteiger partial charge in [-0.25, -0.2) is 0 Å². The number of nitrogens with one attached hydrogen (secondary N) is 2.